The van der Waals surface area contributed by atoms with Crippen molar-refractivity contribution >= 4 is 5.91 Å². The Hall–Kier alpha value is -1.55. The topological polar surface area (TPSA) is 58.6 Å². The Kier molecular flexibility index (Phi) is 4.80. The largest absolute Gasteiger partial charge is 0.484 e. The summed E-state index contributed by atoms with van der Waals surface area (Å²) in [6.45, 7) is 1.76. The minimum atomic E-state index is -0.486. The number of aliphatic hydroxyl groups excluding tert-OH is 1. The average molecular weight is 263 g/mol. The van der Waals surface area contributed by atoms with Crippen molar-refractivity contribution in [3.63, 3.8) is 0 Å². The monoisotopic (exact) mass is 263 g/mol. The summed E-state index contributed by atoms with van der Waals surface area (Å²) in [5.74, 6) is 0.581. The molecule has 1 aliphatic rings. The second-order valence-corrected chi connectivity index (χ2v) is 5.08. The molecule has 1 fully saturated rings. The zero-order valence-corrected chi connectivity index (χ0v) is 11.3. The van der Waals surface area contributed by atoms with Gasteiger partial charge in [0.15, 0.2) is 6.61 Å². The number of nitrogens with one attached hydrogen (secondary N) is 1. The van der Waals surface area contributed by atoms with Gasteiger partial charge < -0.3 is 15.2 Å². The van der Waals surface area contributed by atoms with Gasteiger partial charge >= 0.3 is 0 Å². The Balaban J connectivity index is 1.76. The van der Waals surface area contributed by atoms with Crippen molar-refractivity contribution in [2.75, 3.05) is 6.61 Å². The summed E-state index contributed by atoms with van der Waals surface area (Å²) >= 11 is 0. The van der Waals surface area contributed by atoms with Gasteiger partial charge in [0.05, 0.1) is 6.10 Å². The first-order valence-electron chi connectivity index (χ1n) is 6.85. The van der Waals surface area contributed by atoms with E-state index in [-0.39, 0.29) is 12.5 Å². The quantitative estimate of drug-likeness (QED) is 0.856. The maximum Gasteiger partial charge on any atom is 0.258 e. The molecular weight excluding hydrogens is 242 g/mol. The van der Waals surface area contributed by atoms with Gasteiger partial charge in [-0.1, -0.05) is 25.0 Å². The Bertz CT molecular complexity index is 408. The van der Waals surface area contributed by atoms with Crippen LogP contribution in [0.15, 0.2) is 24.3 Å². The van der Waals surface area contributed by atoms with Crippen LogP contribution < -0.4 is 10.1 Å². The lowest BCUT2D eigenvalue weighted by atomic mass is 10.1. The number of aliphatic hydroxyl groups is 1. The Morgan fingerprint density at radius 1 is 1.37 bits per heavy atom. The van der Waals surface area contributed by atoms with Crippen LogP contribution in [0.25, 0.3) is 0 Å². The molecule has 0 heterocycles. The molecule has 0 aliphatic heterocycles. The minimum absolute atomic E-state index is 0.0462. The number of hydrogen-bond donors (Lipinski definition) is 2. The molecular formula is C15H21NO3. The molecule has 0 unspecified atom stereocenters. The van der Waals surface area contributed by atoms with Crippen LogP contribution in [0.5, 0.6) is 5.75 Å². The number of carbonyl (C=O) groups excluding carboxylic acids is 1. The van der Waals surface area contributed by atoms with Gasteiger partial charge in [-0.05, 0) is 37.5 Å². The molecule has 104 valence electrons. The van der Waals surface area contributed by atoms with Crippen LogP contribution in [0, 0.1) is 0 Å². The number of rotatable bonds is 5. The minimum Gasteiger partial charge on any atom is -0.484 e. The van der Waals surface area contributed by atoms with Crippen LogP contribution in [0.1, 0.15) is 44.3 Å². The first-order valence-corrected chi connectivity index (χ1v) is 6.85. The Morgan fingerprint density at radius 3 is 2.58 bits per heavy atom. The van der Waals surface area contributed by atoms with E-state index in [4.69, 9.17) is 4.74 Å². The predicted octanol–water partition coefficient (Wildman–Crippen LogP) is 2.18. The predicted molar refractivity (Wildman–Crippen MR) is 73.0 cm³/mol. The molecule has 4 nitrogen and oxygen atoms in total. The molecule has 2 rings (SSSR count). The molecule has 2 N–H and O–H groups in total. The molecule has 0 aromatic heterocycles. The van der Waals surface area contributed by atoms with E-state index in [1.807, 2.05) is 0 Å². The van der Waals surface area contributed by atoms with Crippen LogP contribution in [-0.4, -0.2) is 23.7 Å². The van der Waals surface area contributed by atoms with Gasteiger partial charge in [0.2, 0.25) is 0 Å². The van der Waals surface area contributed by atoms with Crippen molar-refractivity contribution < 1.29 is 14.6 Å². The van der Waals surface area contributed by atoms with Crippen molar-refractivity contribution in [3.05, 3.63) is 29.8 Å². The highest BCUT2D eigenvalue weighted by Crippen LogP contribution is 2.18. The van der Waals surface area contributed by atoms with E-state index in [1.54, 1.807) is 31.2 Å². The smallest absolute Gasteiger partial charge is 0.258 e. The highest BCUT2D eigenvalue weighted by atomic mass is 16.5. The fourth-order valence-corrected chi connectivity index (χ4v) is 2.33. The van der Waals surface area contributed by atoms with Crippen LogP contribution in [-0.2, 0) is 4.79 Å². The SMILES string of the molecule is C[C@@H](O)c1ccc(OCC(=O)NC2CCCC2)cc1. The molecule has 19 heavy (non-hydrogen) atoms. The first kappa shape index (κ1) is 13.9. The second-order valence-electron chi connectivity index (χ2n) is 5.08. The molecule has 1 aromatic rings. The van der Waals surface area contributed by atoms with Gasteiger partial charge in [-0.15, -0.1) is 0 Å². The normalized spacial score (nSPS) is 17.2. The van der Waals surface area contributed by atoms with Crippen molar-refractivity contribution in [3.8, 4) is 5.75 Å². The van der Waals surface area contributed by atoms with Crippen molar-refractivity contribution in [2.45, 2.75) is 44.8 Å². The van der Waals surface area contributed by atoms with Gasteiger partial charge in [0.1, 0.15) is 5.75 Å². The summed E-state index contributed by atoms with van der Waals surface area (Å²) in [5, 5.41) is 12.4. The summed E-state index contributed by atoms with van der Waals surface area (Å²) in [6.07, 6.45) is 4.07. The third-order valence-corrected chi connectivity index (χ3v) is 3.45. The average Bonchev–Trinajstić information content (AvgIpc) is 2.89. The summed E-state index contributed by atoms with van der Waals surface area (Å²) in [7, 11) is 0. The van der Waals surface area contributed by atoms with E-state index in [2.05, 4.69) is 5.32 Å². The summed E-state index contributed by atoms with van der Waals surface area (Å²) in [6, 6.07) is 7.47. The van der Waals surface area contributed by atoms with Crippen molar-refractivity contribution in [2.24, 2.45) is 0 Å². The highest BCUT2D eigenvalue weighted by molar-refractivity contribution is 5.77. The third kappa shape index (κ3) is 4.24. The Morgan fingerprint density at radius 2 is 2.00 bits per heavy atom. The van der Waals surface area contributed by atoms with Crippen molar-refractivity contribution in [1.82, 2.24) is 5.32 Å². The second kappa shape index (κ2) is 6.57. The van der Waals surface area contributed by atoms with Crippen LogP contribution in [0.3, 0.4) is 0 Å². The molecule has 0 saturated heterocycles. The highest BCUT2D eigenvalue weighted by Gasteiger charge is 2.17. The fraction of sp³-hybridized carbons (Fsp3) is 0.533. The van der Waals surface area contributed by atoms with Crippen LogP contribution >= 0.6 is 0 Å². The zero-order valence-electron chi connectivity index (χ0n) is 11.3. The lowest BCUT2D eigenvalue weighted by Gasteiger charge is -2.12. The van der Waals surface area contributed by atoms with E-state index in [0.29, 0.717) is 11.8 Å². The molecule has 4 heteroatoms. The lowest BCUT2D eigenvalue weighted by molar-refractivity contribution is -0.123. The van der Waals surface area contributed by atoms with Crippen LogP contribution in [0.4, 0.5) is 0 Å². The van der Waals surface area contributed by atoms with Crippen LogP contribution in [0.2, 0.25) is 0 Å². The standard InChI is InChI=1S/C15H21NO3/c1-11(17)12-6-8-14(9-7-12)19-10-15(18)16-13-4-2-3-5-13/h6-9,11,13,17H,2-5,10H2,1H3,(H,16,18)/t11-/m1/s1. The third-order valence-electron chi connectivity index (χ3n) is 3.45. The molecule has 1 saturated carbocycles. The molecule has 0 spiro atoms. The molecule has 0 radical (unpaired) electrons. The zero-order chi connectivity index (χ0) is 13.7. The van der Waals surface area contributed by atoms with E-state index in [9.17, 15) is 9.90 Å². The van der Waals surface area contributed by atoms with Gasteiger partial charge in [0, 0.05) is 6.04 Å². The Labute approximate surface area is 113 Å². The lowest BCUT2D eigenvalue weighted by Crippen LogP contribution is -2.36. The molecule has 1 aromatic carbocycles. The molecule has 1 atom stereocenters. The maximum absolute atomic E-state index is 11.7. The van der Waals surface area contributed by atoms with Gasteiger partial charge in [-0.25, -0.2) is 0 Å². The van der Waals surface area contributed by atoms with Gasteiger partial charge in [0.25, 0.3) is 5.91 Å². The number of amides is 1. The van der Waals surface area contributed by atoms with E-state index in [1.165, 1.54) is 12.8 Å². The number of hydrogen-bond acceptors (Lipinski definition) is 3. The summed E-state index contributed by atoms with van der Waals surface area (Å²) < 4.78 is 5.42. The first-order chi connectivity index (χ1) is 9.15. The molecule has 1 amide bonds. The van der Waals surface area contributed by atoms with E-state index in [0.717, 1.165) is 18.4 Å². The number of ether oxygens (including phenoxy) is 1. The molecule has 1 aliphatic carbocycles. The van der Waals surface area contributed by atoms with Gasteiger partial charge in [-0.2, -0.15) is 0 Å². The summed E-state index contributed by atoms with van der Waals surface area (Å²) in [4.78, 5) is 11.7. The number of benzene rings is 1. The van der Waals surface area contributed by atoms with E-state index < -0.39 is 6.10 Å². The maximum atomic E-state index is 11.7. The number of carbonyl (C=O) groups is 1. The molecule has 0 bridgehead atoms. The fourth-order valence-electron chi connectivity index (χ4n) is 2.33. The summed E-state index contributed by atoms with van der Waals surface area (Å²) in [5.41, 5.74) is 0.836. The van der Waals surface area contributed by atoms with Gasteiger partial charge in [-0.3, -0.25) is 4.79 Å². The van der Waals surface area contributed by atoms with Crippen molar-refractivity contribution in [1.29, 1.82) is 0 Å². The van der Waals surface area contributed by atoms with E-state index >= 15 is 0 Å².